The maximum absolute atomic E-state index is 14.5. The van der Waals surface area contributed by atoms with Gasteiger partial charge in [-0.25, -0.2) is 0 Å². The molecule has 5 N–H and O–H groups in total. The summed E-state index contributed by atoms with van der Waals surface area (Å²) in [4.78, 5) is 11.6. The zero-order valence-electron chi connectivity index (χ0n) is 16.3. The van der Waals surface area contributed by atoms with Gasteiger partial charge in [-0.15, -0.1) is 0 Å². The Hall–Kier alpha value is -2.35. The van der Waals surface area contributed by atoms with E-state index in [2.05, 4.69) is 0 Å². The van der Waals surface area contributed by atoms with Gasteiger partial charge in [-0.3, -0.25) is 4.79 Å². The Labute approximate surface area is 185 Å². The Morgan fingerprint density at radius 1 is 0.800 bits per heavy atom. The van der Waals surface area contributed by atoms with Crippen molar-refractivity contribution in [1.82, 2.24) is 0 Å². The fourth-order valence-electron chi connectivity index (χ4n) is 2.63. The number of hydrogen-bond donors (Lipinski definition) is 4. The monoisotopic (exact) mass is 544 g/mol. The summed E-state index contributed by atoms with van der Waals surface area (Å²) in [6.07, 6.45) is -15.2. The van der Waals surface area contributed by atoms with Crippen LogP contribution in [0.15, 0.2) is 12.1 Å². The van der Waals surface area contributed by atoms with Gasteiger partial charge in [0.2, 0.25) is 5.91 Å². The first-order chi connectivity index (χ1) is 15.4. The molecule has 0 aliphatic heterocycles. The Morgan fingerprint density at radius 3 is 1.60 bits per heavy atom. The Morgan fingerprint density at radius 2 is 1.23 bits per heavy atom. The van der Waals surface area contributed by atoms with E-state index in [4.69, 9.17) is 5.73 Å². The fourth-order valence-corrected chi connectivity index (χ4v) is 2.63. The highest BCUT2D eigenvalue weighted by Crippen LogP contribution is 2.55. The normalized spacial score (nSPS) is 14.2. The minimum atomic E-state index is -7.27. The number of rotatable bonds is 8. The predicted octanol–water partition coefficient (Wildman–Crippen LogP) is 3.23. The molecule has 0 aromatic heterocycles. The van der Waals surface area contributed by atoms with E-state index in [1.807, 2.05) is 0 Å². The molecule has 20 heteroatoms. The molecule has 1 amide bonds. The van der Waals surface area contributed by atoms with E-state index in [1.54, 1.807) is 0 Å². The number of carbonyl (C=O) groups excluding carboxylic acids is 1. The van der Waals surface area contributed by atoms with Crippen LogP contribution in [0.3, 0.4) is 0 Å². The number of hydrogen-bond acceptors (Lipinski definition) is 4. The molecule has 0 atom stereocenters. The molecule has 1 aromatic carbocycles. The minimum Gasteiger partial charge on any atom is -0.423 e. The van der Waals surface area contributed by atoms with Crippen LogP contribution in [0, 0.1) is 0 Å². The third-order valence-electron chi connectivity index (χ3n) is 4.30. The van der Waals surface area contributed by atoms with Crippen LogP contribution in [-0.2, 0) is 16.6 Å². The second kappa shape index (κ2) is 9.27. The van der Waals surface area contributed by atoms with Crippen molar-refractivity contribution in [3.63, 3.8) is 0 Å². The summed E-state index contributed by atoms with van der Waals surface area (Å²) in [5, 5.41) is 19.6. The Kier molecular flexibility index (Phi) is 8.13. The lowest BCUT2D eigenvalue weighted by Gasteiger charge is -2.34. The topological polar surface area (TPSA) is 95.6 Å². The van der Waals surface area contributed by atoms with Crippen molar-refractivity contribution in [2.24, 2.45) is 5.73 Å². The molecule has 0 radical (unpaired) electrons. The summed E-state index contributed by atoms with van der Waals surface area (Å²) >= 11 is 0. The molecule has 1 rings (SSSR count). The van der Waals surface area contributed by atoms with Crippen molar-refractivity contribution in [2.75, 3.05) is 11.9 Å². The summed E-state index contributed by atoms with van der Waals surface area (Å²) in [5.41, 5.74) is -6.33. The van der Waals surface area contributed by atoms with E-state index in [9.17, 15) is 76.3 Å². The van der Waals surface area contributed by atoms with E-state index in [-0.39, 0.29) is 0 Å². The van der Waals surface area contributed by atoms with Crippen LogP contribution in [0.1, 0.15) is 17.5 Å². The van der Waals surface area contributed by atoms with Crippen molar-refractivity contribution in [3.8, 4) is 0 Å². The Bertz CT molecular complexity index is 946. The molecule has 0 aliphatic carbocycles. The average molecular weight is 544 g/mol. The molecular weight excluding hydrogens is 533 g/mol. The van der Waals surface area contributed by atoms with Crippen LogP contribution in [0.2, 0.25) is 0 Å². The number of benzene rings is 1. The molecule has 200 valence electrons. The van der Waals surface area contributed by atoms with E-state index in [0.29, 0.717) is 0 Å². The van der Waals surface area contributed by atoms with Gasteiger partial charge in [0.25, 0.3) is 0 Å². The predicted molar refractivity (Wildman–Crippen MR) is 88.4 cm³/mol. The smallest absolute Gasteiger partial charge is 0.423 e. The van der Waals surface area contributed by atoms with Crippen molar-refractivity contribution in [2.45, 2.75) is 42.5 Å². The zero-order valence-corrected chi connectivity index (χ0v) is 16.3. The molecule has 0 spiro atoms. The third-order valence-corrected chi connectivity index (χ3v) is 4.30. The van der Waals surface area contributed by atoms with Crippen molar-refractivity contribution in [3.05, 3.63) is 23.3 Å². The summed E-state index contributed by atoms with van der Waals surface area (Å²) in [7, 11) is -4.06. The molecule has 0 aliphatic rings. The summed E-state index contributed by atoms with van der Waals surface area (Å²) in [5.74, 6) is -29.6. The van der Waals surface area contributed by atoms with E-state index < -0.39 is 96.4 Å². The molecule has 0 saturated carbocycles. The van der Waals surface area contributed by atoms with Crippen molar-refractivity contribution >= 4 is 24.2 Å². The van der Waals surface area contributed by atoms with Gasteiger partial charge in [-0.05, 0) is 6.07 Å². The molecule has 1 aromatic rings. The van der Waals surface area contributed by atoms with Gasteiger partial charge >= 0.3 is 43.2 Å². The molecular formula is C15H11BF14N2O3. The highest BCUT2D eigenvalue weighted by molar-refractivity contribution is 6.60. The first kappa shape index (κ1) is 30.7. The van der Waals surface area contributed by atoms with Gasteiger partial charge in [0.15, 0.2) is 0 Å². The standard InChI is InChI=1S/C15H11BF14N2O3/c17-10(18,12(21,22)14(25,26)27)5-1-2-6(32-7(33)3-4-31)8(9(5)16(34)35)11(19,20)13(23,24)15(28,29)30/h1-2,34-35H,3-4,31H2,(H,32,33). The molecule has 0 unspecified atom stereocenters. The Balaban J connectivity index is 4.22. The SMILES string of the molecule is NCCC(=O)Nc1ccc(C(F)(F)C(F)(F)C(F)(F)F)c(B(O)O)c1C(F)(F)C(F)(F)C(F)(F)F. The maximum Gasteiger partial charge on any atom is 0.489 e. The highest BCUT2D eigenvalue weighted by atomic mass is 19.4. The van der Waals surface area contributed by atoms with Gasteiger partial charge in [-0.2, -0.15) is 61.5 Å². The molecule has 5 nitrogen and oxygen atoms in total. The van der Waals surface area contributed by atoms with Gasteiger partial charge < -0.3 is 21.1 Å². The highest BCUT2D eigenvalue weighted by Gasteiger charge is 2.77. The second-order valence-corrected chi connectivity index (χ2v) is 6.70. The van der Waals surface area contributed by atoms with E-state index in [0.717, 1.165) is 0 Å². The number of anilines is 1. The van der Waals surface area contributed by atoms with Gasteiger partial charge in [0, 0.05) is 29.7 Å². The van der Waals surface area contributed by atoms with E-state index >= 15 is 0 Å². The lowest BCUT2D eigenvalue weighted by atomic mass is 9.69. The van der Waals surface area contributed by atoms with Crippen LogP contribution in [0.5, 0.6) is 0 Å². The number of carbonyl (C=O) groups is 1. The third kappa shape index (κ3) is 5.13. The lowest BCUT2D eigenvalue weighted by molar-refractivity contribution is -0.360. The van der Waals surface area contributed by atoms with Gasteiger partial charge in [0.1, 0.15) is 0 Å². The number of halogens is 14. The largest absolute Gasteiger partial charge is 0.489 e. The number of nitrogens with two attached hydrogens (primary N) is 1. The van der Waals surface area contributed by atoms with Crippen molar-refractivity contribution in [1.29, 1.82) is 0 Å². The van der Waals surface area contributed by atoms with Gasteiger partial charge in [0.05, 0.1) is 5.56 Å². The molecule has 0 fully saturated rings. The summed E-state index contributed by atoms with van der Waals surface area (Å²) < 4.78 is 187. The number of amides is 1. The second-order valence-electron chi connectivity index (χ2n) is 6.70. The summed E-state index contributed by atoms with van der Waals surface area (Å²) in [6, 6.07) is -1.05. The minimum absolute atomic E-state index is 0.425. The quantitative estimate of drug-likeness (QED) is 0.299. The molecule has 0 saturated heterocycles. The molecule has 35 heavy (non-hydrogen) atoms. The maximum atomic E-state index is 14.5. The molecule has 0 heterocycles. The van der Waals surface area contributed by atoms with Crippen molar-refractivity contribution < 1.29 is 76.3 Å². The lowest BCUT2D eigenvalue weighted by Crippen LogP contribution is -2.57. The van der Waals surface area contributed by atoms with Crippen LogP contribution in [0.4, 0.5) is 67.2 Å². The average Bonchev–Trinajstić information content (AvgIpc) is 2.65. The number of nitrogens with one attached hydrogen (secondary N) is 1. The zero-order chi connectivity index (χ0) is 28.0. The first-order valence-corrected chi connectivity index (χ1v) is 8.58. The van der Waals surface area contributed by atoms with Crippen LogP contribution in [0.25, 0.3) is 0 Å². The summed E-state index contributed by atoms with van der Waals surface area (Å²) in [6.45, 7) is -0.611. The fraction of sp³-hybridized carbons (Fsp3) is 0.533. The number of alkyl halides is 14. The van der Waals surface area contributed by atoms with E-state index in [1.165, 1.54) is 5.32 Å². The van der Waals surface area contributed by atoms with Gasteiger partial charge in [-0.1, -0.05) is 6.07 Å². The first-order valence-electron chi connectivity index (χ1n) is 8.58. The molecule has 0 bridgehead atoms. The van der Waals surface area contributed by atoms with Crippen LogP contribution >= 0.6 is 0 Å². The van der Waals surface area contributed by atoms with Crippen LogP contribution in [-0.4, -0.2) is 53.8 Å². The van der Waals surface area contributed by atoms with Crippen LogP contribution < -0.4 is 16.5 Å².